The van der Waals surface area contributed by atoms with E-state index in [9.17, 15) is 9.59 Å². The van der Waals surface area contributed by atoms with Crippen LogP contribution in [0, 0.1) is 5.41 Å². The van der Waals surface area contributed by atoms with E-state index in [1.807, 2.05) is 25.7 Å². The zero-order chi connectivity index (χ0) is 15.3. The molecule has 1 rings (SSSR count). The molecule has 2 amide bonds. The summed E-state index contributed by atoms with van der Waals surface area (Å²) >= 11 is 0. The number of hydrogen-bond acceptors (Lipinski definition) is 3. The number of carbonyl (C=O) groups excluding carboxylic acids is 2. The lowest BCUT2D eigenvalue weighted by Gasteiger charge is -2.30. The SMILES string of the molecule is CC(NC(=O)CC(N)C(C)(C)C)C(=O)N1CCCCC1. The number of piperidine rings is 1. The fraction of sp³-hybridized carbons (Fsp3) is 0.867. The molecule has 3 N–H and O–H groups in total. The molecule has 2 unspecified atom stereocenters. The molecule has 0 spiro atoms. The summed E-state index contributed by atoms with van der Waals surface area (Å²) in [4.78, 5) is 26.0. The maximum absolute atomic E-state index is 12.2. The van der Waals surface area contributed by atoms with Gasteiger partial charge >= 0.3 is 0 Å². The molecule has 1 aliphatic heterocycles. The van der Waals surface area contributed by atoms with E-state index in [1.54, 1.807) is 6.92 Å². The molecule has 1 fully saturated rings. The third-order valence-electron chi connectivity index (χ3n) is 3.93. The van der Waals surface area contributed by atoms with E-state index < -0.39 is 6.04 Å². The van der Waals surface area contributed by atoms with Crippen LogP contribution in [0.4, 0.5) is 0 Å². The van der Waals surface area contributed by atoms with Gasteiger partial charge in [-0.25, -0.2) is 0 Å². The zero-order valence-electron chi connectivity index (χ0n) is 13.2. The van der Waals surface area contributed by atoms with Gasteiger partial charge in [0.05, 0.1) is 0 Å². The van der Waals surface area contributed by atoms with Crippen LogP contribution in [0.5, 0.6) is 0 Å². The summed E-state index contributed by atoms with van der Waals surface area (Å²) in [6, 6.07) is -0.674. The van der Waals surface area contributed by atoms with Crippen LogP contribution in [-0.2, 0) is 9.59 Å². The Balaban J connectivity index is 2.42. The predicted molar refractivity (Wildman–Crippen MR) is 80.1 cm³/mol. The molecule has 1 aliphatic rings. The monoisotopic (exact) mass is 283 g/mol. The minimum Gasteiger partial charge on any atom is -0.345 e. The van der Waals surface area contributed by atoms with Gasteiger partial charge in [-0.15, -0.1) is 0 Å². The van der Waals surface area contributed by atoms with E-state index in [2.05, 4.69) is 5.32 Å². The van der Waals surface area contributed by atoms with Gasteiger partial charge in [-0.05, 0) is 31.6 Å². The second-order valence-electron chi connectivity index (χ2n) is 6.85. The average Bonchev–Trinajstić information content (AvgIpc) is 2.37. The maximum atomic E-state index is 12.2. The van der Waals surface area contributed by atoms with Gasteiger partial charge in [0.2, 0.25) is 11.8 Å². The van der Waals surface area contributed by atoms with Crippen LogP contribution in [-0.4, -0.2) is 41.9 Å². The van der Waals surface area contributed by atoms with Crippen molar-refractivity contribution in [3.63, 3.8) is 0 Å². The fourth-order valence-electron chi connectivity index (χ4n) is 2.26. The number of amides is 2. The number of rotatable bonds is 4. The van der Waals surface area contributed by atoms with Crippen LogP contribution in [0.25, 0.3) is 0 Å². The van der Waals surface area contributed by atoms with Crippen LogP contribution in [0.3, 0.4) is 0 Å². The first-order valence-electron chi connectivity index (χ1n) is 7.55. The Bertz CT molecular complexity index is 344. The van der Waals surface area contributed by atoms with Crippen LogP contribution in [0.15, 0.2) is 0 Å². The van der Waals surface area contributed by atoms with Gasteiger partial charge in [0.1, 0.15) is 6.04 Å². The van der Waals surface area contributed by atoms with Gasteiger partial charge in [0.25, 0.3) is 0 Å². The van der Waals surface area contributed by atoms with E-state index in [0.717, 1.165) is 25.9 Å². The Morgan fingerprint density at radius 3 is 2.25 bits per heavy atom. The van der Waals surface area contributed by atoms with Gasteiger partial charge in [-0.2, -0.15) is 0 Å². The van der Waals surface area contributed by atoms with Crippen LogP contribution in [0.1, 0.15) is 53.4 Å². The molecule has 0 aromatic carbocycles. The molecule has 0 bridgehead atoms. The summed E-state index contributed by atoms with van der Waals surface area (Å²) in [6.07, 6.45) is 3.55. The third kappa shape index (κ3) is 5.12. The molecule has 20 heavy (non-hydrogen) atoms. The highest BCUT2D eigenvalue weighted by atomic mass is 16.2. The van der Waals surface area contributed by atoms with Crippen molar-refractivity contribution >= 4 is 11.8 Å². The average molecular weight is 283 g/mol. The minimum absolute atomic E-state index is 0.0161. The van der Waals surface area contributed by atoms with E-state index in [4.69, 9.17) is 5.73 Å². The van der Waals surface area contributed by atoms with E-state index in [-0.39, 0.29) is 29.7 Å². The fourth-order valence-corrected chi connectivity index (χ4v) is 2.26. The van der Waals surface area contributed by atoms with Crippen LogP contribution < -0.4 is 11.1 Å². The normalized spacial score (nSPS) is 19.4. The standard InChI is InChI=1S/C15H29N3O2/c1-11(14(20)18-8-6-5-7-9-18)17-13(19)10-12(16)15(2,3)4/h11-12H,5-10,16H2,1-4H3,(H,17,19). The molecule has 1 saturated heterocycles. The molecule has 1 heterocycles. The summed E-state index contributed by atoms with van der Waals surface area (Å²) in [6.45, 7) is 9.38. The van der Waals surface area contributed by atoms with Crippen LogP contribution in [0.2, 0.25) is 0 Å². The van der Waals surface area contributed by atoms with Crippen molar-refractivity contribution in [2.75, 3.05) is 13.1 Å². The van der Waals surface area contributed by atoms with E-state index >= 15 is 0 Å². The quantitative estimate of drug-likeness (QED) is 0.816. The largest absolute Gasteiger partial charge is 0.345 e. The molecule has 0 radical (unpaired) electrons. The smallest absolute Gasteiger partial charge is 0.244 e. The number of hydrogen-bond donors (Lipinski definition) is 2. The predicted octanol–water partition coefficient (Wildman–Crippen LogP) is 1.27. The van der Waals surface area contributed by atoms with Crippen molar-refractivity contribution in [1.82, 2.24) is 10.2 Å². The number of carbonyl (C=O) groups is 2. The minimum atomic E-state index is -0.465. The number of nitrogens with one attached hydrogen (secondary N) is 1. The summed E-state index contributed by atoms with van der Waals surface area (Å²) in [5.41, 5.74) is 5.88. The van der Waals surface area contributed by atoms with Gasteiger partial charge in [0.15, 0.2) is 0 Å². The molecule has 0 saturated carbocycles. The summed E-state index contributed by atoms with van der Waals surface area (Å²) in [7, 11) is 0. The zero-order valence-corrected chi connectivity index (χ0v) is 13.2. The summed E-state index contributed by atoms with van der Waals surface area (Å²) < 4.78 is 0. The number of nitrogens with two attached hydrogens (primary N) is 1. The van der Waals surface area contributed by atoms with Crippen LogP contribution >= 0.6 is 0 Å². The Hall–Kier alpha value is -1.10. The topological polar surface area (TPSA) is 75.4 Å². The van der Waals surface area contributed by atoms with Gasteiger partial charge in [-0.3, -0.25) is 9.59 Å². The first-order valence-corrected chi connectivity index (χ1v) is 7.55. The maximum Gasteiger partial charge on any atom is 0.244 e. The molecule has 2 atom stereocenters. The lowest BCUT2D eigenvalue weighted by Crippen LogP contribution is -2.50. The highest BCUT2D eigenvalue weighted by molar-refractivity contribution is 5.87. The Morgan fingerprint density at radius 1 is 1.20 bits per heavy atom. The first kappa shape index (κ1) is 17.0. The second-order valence-corrected chi connectivity index (χ2v) is 6.85. The molecule has 5 heteroatoms. The molecule has 0 aliphatic carbocycles. The first-order chi connectivity index (χ1) is 9.21. The Morgan fingerprint density at radius 2 is 1.75 bits per heavy atom. The van der Waals surface area contributed by atoms with E-state index in [1.165, 1.54) is 6.42 Å². The summed E-state index contributed by atoms with van der Waals surface area (Å²) in [5, 5.41) is 2.77. The summed E-state index contributed by atoms with van der Waals surface area (Å²) in [5.74, 6) is -0.132. The van der Waals surface area contributed by atoms with Crippen molar-refractivity contribution in [2.24, 2.45) is 11.1 Å². The Labute approximate surface area is 122 Å². The molecular formula is C15H29N3O2. The van der Waals surface area contributed by atoms with Crippen molar-refractivity contribution in [2.45, 2.75) is 65.5 Å². The molecule has 5 nitrogen and oxygen atoms in total. The third-order valence-corrected chi connectivity index (χ3v) is 3.93. The molecule has 116 valence electrons. The van der Waals surface area contributed by atoms with E-state index in [0.29, 0.717) is 0 Å². The molecular weight excluding hydrogens is 254 g/mol. The van der Waals surface area contributed by atoms with Crippen molar-refractivity contribution in [1.29, 1.82) is 0 Å². The molecule has 0 aromatic rings. The second kappa shape index (κ2) is 7.07. The number of nitrogens with zero attached hydrogens (tertiary/aromatic N) is 1. The lowest BCUT2D eigenvalue weighted by molar-refractivity contribution is -0.136. The van der Waals surface area contributed by atoms with Crippen molar-refractivity contribution in [3.8, 4) is 0 Å². The number of likely N-dealkylation sites (tertiary alicyclic amines) is 1. The van der Waals surface area contributed by atoms with Crippen molar-refractivity contribution in [3.05, 3.63) is 0 Å². The van der Waals surface area contributed by atoms with Gasteiger partial charge < -0.3 is 16.0 Å². The highest BCUT2D eigenvalue weighted by Crippen LogP contribution is 2.19. The lowest BCUT2D eigenvalue weighted by atomic mass is 9.85. The van der Waals surface area contributed by atoms with Gasteiger partial charge in [0, 0.05) is 25.6 Å². The Kier molecular flexibility index (Phi) is 5.99. The van der Waals surface area contributed by atoms with Gasteiger partial charge in [-0.1, -0.05) is 20.8 Å². The highest BCUT2D eigenvalue weighted by Gasteiger charge is 2.26. The van der Waals surface area contributed by atoms with Crippen molar-refractivity contribution < 1.29 is 9.59 Å². The molecule has 0 aromatic heterocycles.